The van der Waals surface area contributed by atoms with Gasteiger partial charge in [0.05, 0.1) is 15.9 Å². The fraction of sp³-hybridized carbons (Fsp3) is 0.0455. The van der Waals surface area contributed by atoms with Crippen molar-refractivity contribution in [3.05, 3.63) is 78.4 Å². The largest absolute Gasteiger partial charge is 0.268 e. The molecule has 0 unspecified atom stereocenters. The van der Waals surface area contributed by atoms with E-state index < -0.39 is 0 Å². The van der Waals surface area contributed by atoms with Crippen molar-refractivity contribution < 1.29 is 9.59 Å². The Kier molecular flexibility index (Phi) is 4.03. The summed E-state index contributed by atoms with van der Waals surface area (Å²) in [5.41, 5.74) is 2.54. The third-order valence-corrected chi connectivity index (χ3v) is 6.86. The second-order valence-corrected chi connectivity index (χ2v) is 8.68. The number of aromatic nitrogens is 1. The number of amides is 2. The van der Waals surface area contributed by atoms with E-state index in [2.05, 4.69) is 11.6 Å². The van der Waals surface area contributed by atoms with Crippen LogP contribution in [0.1, 0.15) is 20.7 Å². The molecule has 2 heterocycles. The normalized spacial score (nSPS) is 13.5. The van der Waals surface area contributed by atoms with Gasteiger partial charge in [0.1, 0.15) is 0 Å². The average molecular weight is 403 g/mol. The van der Waals surface area contributed by atoms with Crippen LogP contribution in [0.4, 0.5) is 5.69 Å². The molecule has 0 radical (unpaired) electrons. The van der Waals surface area contributed by atoms with Gasteiger partial charge in [0, 0.05) is 22.3 Å². The van der Waals surface area contributed by atoms with Crippen LogP contribution in [-0.2, 0) is 0 Å². The van der Waals surface area contributed by atoms with Crippen LogP contribution < -0.4 is 4.90 Å². The number of thioether (sulfide) groups is 1. The van der Waals surface area contributed by atoms with E-state index in [9.17, 15) is 9.59 Å². The minimum absolute atomic E-state index is 0.292. The first kappa shape index (κ1) is 17.2. The smallest absolute Gasteiger partial charge is 0.265 e. The molecule has 4 aromatic rings. The zero-order valence-corrected chi connectivity index (χ0v) is 16.3. The van der Waals surface area contributed by atoms with Gasteiger partial charge in [-0.05, 0) is 35.7 Å². The maximum Gasteiger partial charge on any atom is 0.265 e. The molecule has 136 valence electrons. The van der Waals surface area contributed by atoms with E-state index in [0.29, 0.717) is 16.8 Å². The summed E-state index contributed by atoms with van der Waals surface area (Å²) in [6.45, 7) is 3.73. The van der Waals surface area contributed by atoms with Crippen molar-refractivity contribution in [1.29, 1.82) is 0 Å². The van der Waals surface area contributed by atoms with Gasteiger partial charge in [0.15, 0.2) is 4.34 Å². The SMILES string of the molecule is C=CCSc1nc2ccc(N3C(=O)c4cccc5cccc(c45)C3=O)cc2s1. The van der Waals surface area contributed by atoms with Crippen molar-refractivity contribution in [2.24, 2.45) is 0 Å². The van der Waals surface area contributed by atoms with Crippen LogP contribution in [0, 0.1) is 0 Å². The van der Waals surface area contributed by atoms with Crippen molar-refractivity contribution in [3.8, 4) is 0 Å². The van der Waals surface area contributed by atoms with Crippen LogP contribution >= 0.6 is 23.1 Å². The number of benzene rings is 3. The van der Waals surface area contributed by atoms with Crippen molar-refractivity contribution in [1.82, 2.24) is 4.98 Å². The summed E-state index contributed by atoms with van der Waals surface area (Å²) < 4.78 is 1.89. The molecule has 3 aromatic carbocycles. The molecule has 5 rings (SSSR count). The predicted octanol–water partition coefficient (Wildman–Crippen LogP) is 5.53. The van der Waals surface area contributed by atoms with E-state index in [0.717, 1.165) is 31.1 Å². The monoisotopic (exact) mass is 402 g/mol. The van der Waals surface area contributed by atoms with Crippen molar-refractivity contribution >= 4 is 61.6 Å². The zero-order valence-electron chi connectivity index (χ0n) is 14.7. The number of nitrogens with zero attached hydrogens (tertiary/aromatic N) is 2. The fourth-order valence-electron chi connectivity index (χ4n) is 3.49. The van der Waals surface area contributed by atoms with Crippen LogP contribution in [0.25, 0.3) is 21.0 Å². The summed E-state index contributed by atoms with van der Waals surface area (Å²) >= 11 is 3.17. The summed E-state index contributed by atoms with van der Waals surface area (Å²) in [5, 5.41) is 1.64. The van der Waals surface area contributed by atoms with E-state index >= 15 is 0 Å². The van der Waals surface area contributed by atoms with Crippen LogP contribution in [0.3, 0.4) is 0 Å². The number of anilines is 1. The van der Waals surface area contributed by atoms with Crippen LogP contribution in [-0.4, -0.2) is 22.6 Å². The Morgan fingerprint density at radius 3 is 2.43 bits per heavy atom. The molecule has 0 saturated heterocycles. The second-order valence-electron chi connectivity index (χ2n) is 6.39. The lowest BCUT2D eigenvalue weighted by Gasteiger charge is -2.27. The van der Waals surface area contributed by atoms with Crippen molar-refractivity contribution in [2.45, 2.75) is 4.34 Å². The van der Waals surface area contributed by atoms with E-state index in [1.807, 2.05) is 42.5 Å². The molecule has 1 aliphatic rings. The molecule has 1 aliphatic heterocycles. The lowest BCUT2D eigenvalue weighted by molar-refractivity contribution is 0.0893. The third-order valence-electron chi connectivity index (χ3n) is 4.71. The van der Waals surface area contributed by atoms with Crippen LogP contribution in [0.2, 0.25) is 0 Å². The molecule has 1 aromatic heterocycles. The Hall–Kier alpha value is -2.96. The maximum atomic E-state index is 13.2. The summed E-state index contributed by atoms with van der Waals surface area (Å²) in [6, 6.07) is 16.6. The number of imide groups is 1. The van der Waals surface area contributed by atoms with Gasteiger partial charge in [-0.25, -0.2) is 9.88 Å². The van der Waals surface area contributed by atoms with E-state index in [1.54, 1.807) is 41.3 Å². The highest BCUT2D eigenvalue weighted by atomic mass is 32.2. The van der Waals surface area contributed by atoms with Gasteiger partial charge in [0.25, 0.3) is 11.8 Å². The quantitative estimate of drug-likeness (QED) is 0.256. The highest BCUT2D eigenvalue weighted by molar-refractivity contribution is 8.01. The lowest BCUT2D eigenvalue weighted by atomic mass is 9.94. The highest BCUT2D eigenvalue weighted by Gasteiger charge is 2.33. The number of carbonyl (C=O) groups excluding carboxylic acids is 2. The number of thiazole rings is 1. The van der Waals surface area contributed by atoms with Crippen molar-refractivity contribution in [3.63, 3.8) is 0 Å². The molecule has 0 aliphatic carbocycles. The first-order valence-electron chi connectivity index (χ1n) is 8.72. The molecule has 4 nitrogen and oxygen atoms in total. The Morgan fingerprint density at radius 2 is 1.75 bits per heavy atom. The molecule has 0 fully saturated rings. The highest BCUT2D eigenvalue weighted by Crippen LogP contribution is 2.36. The lowest BCUT2D eigenvalue weighted by Crippen LogP contribution is -2.40. The Labute approximate surface area is 169 Å². The first-order valence-corrected chi connectivity index (χ1v) is 10.5. The molecule has 28 heavy (non-hydrogen) atoms. The maximum absolute atomic E-state index is 13.2. The topological polar surface area (TPSA) is 50.3 Å². The Bertz CT molecular complexity index is 1240. The van der Waals surface area contributed by atoms with Gasteiger partial charge in [0.2, 0.25) is 0 Å². The third kappa shape index (κ3) is 2.57. The van der Waals surface area contributed by atoms with E-state index in [1.165, 1.54) is 4.90 Å². The number of fused-ring (bicyclic) bond motifs is 1. The average Bonchev–Trinajstić information content (AvgIpc) is 3.12. The molecule has 0 saturated carbocycles. The van der Waals surface area contributed by atoms with Gasteiger partial charge < -0.3 is 0 Å². The Balaban J connectivity index is 1.62. The molecular weight excluding hydrogens is 388 g/mol. The van der Waals surface area contributed by atoms with Gasteiger partial charge in [-0.15, -0.1) is 17.9 Å². The van der Waals surface area contributed by atoms with Crippen LogP contribution in [0.5, 0.6) is 0 Å². The minimum Gasteiger partial charge on any atom is -0.268 e. The van der Waals surface area contributed by atoms with Crippen LogP contribution in [0.15, 0.2) is 71.6 Å². The van der Waals surface area contributed by atoms with Gasteiger partial charge in [-0.3, -0.25) is 9.59 Å². The number of rotatable bonds is 4. The fourth-order valence-corrected chi connectivity index (χ4v) is 5.35. The molecule has 0 bridgehead atoms. The Morgan fingerprint density at radius 1 is 1.04 bits per heavy atom. The standard InChI is InChI=1S/C22H14N2O2S2/c1-2-11-27-22-23-17-10-9-14(12-18(17)28-22)24-20(25)15-7-3-5-13-6-4-8-16(19(13)15)21(24)26/h2-10,12H,1,11H2. The zero-order chi connectivity index (χ0) is 19.3. The summed E-state index contributed by atoms with van der Waals surface area (Å²) in [4.78, 5) is 32.2. The summed E-state index contributed by atoms with van der Waals surface area (Å²) in [6.07, 6.45) is 1.84. The molecular formula is C22H14N2O2S2. The number of carbonyl (C=O) groups is 2. The van der Waals surface area contributed by atoms with Gasteiger partial charge in [-0.2, -0.15) is 0 Å². The second kappa shape index (κ2) is 6.58. The van der Waals surface area contributed by atoms with E-state index in [4.69, 9.17) is 0 Å². The molecule has 0 atom stereocenters. The molecule has 6 heteroatoms. The predicted molar refractivity (Wildman–Crippen MR) is 116 cm³/mol. The van der Waals surface area contributed by atoms with E-state index in [-0.39, 0.29) is 11.8 Å². The molecule has 0 N–H and O–H groups in total. The summed E-state index contributed by atoms with van der Waals surface area (Å²) in [7, 11) is 0. The van der Waals surface area contributed by atoms with Gasteiger partial charge >= 0.3 is 0 Å². The molecule has 0 spiro atoms. The van der Waals surface area contributed by atoms with Crippen molar-refractivity contribution in [2.75, 3.05) is 10.7 Å². The summed E-state index contributed by atoms with van der Waals surface area (Å²) in [5.74, 6) is 0.204. The molecule has 2 amide bonds. The minimum atomic E-state index is -0.292. The number of hydrogen-bond donors (Lipinski definition) is 0. The van der Waals surface area contributed by atoms with Gasteiger partial charge in [-0.1, -0.05) is 42.1 Å². The number of hydrogen-bond acceptors (Lipinski definition) is 5. The first-order chi connectivity index (χ1) is 13.7.